The Morgan fingerprint density at radius 1 is 1.48 bits per heavy atom. The van der Waals surface area contributed by atoms with Gasteiger partial charge in [0.25, 0.3) is 5.56 Å². The minimum absolute atomic E-state index is 0.0164. The highest BCUT2D eigenvalue weighted by Crippen LogP contribution is 2.20. The Hall–Kier alpha value is -1.59. The summed E-state index contributed by atoms with van der Waals surface area (Å²) < 4.78 is 7.42. The Kier molecular flexibility index (Phi) is 4.41. The van der Waals surface area contributed by atoms with Gasteiger partial charge < -0.3 is 4.74 Å². The first-order chi connectivity index (χ1) is 10.3. The summed E-state index contributed by atoms with van der Waals surface area (Å²) in [6.07, 6.45) is 4.01. The lowest BCUT2D eigenvalue weighted by Crippen LogP contribution is -2.28. The molecule has 2 heterocycles. The number of rotatable bonds is 5. The minimum Gasteiger partial charge on any atom is -0.376 e. The van der Waals surface area contributed by atoms with Crippen molar-refractivity contribution in [3.05, 3.63) is 47.3 Å². The average molecular weight is 302 g/mol. The summed E-state index contributed by atoms with van der Waals surface area (Å²) in [7, 11) is 0. The van der Waals surface area contributed by atoms with Crippen LogP contribution in [0.5, 0.6) is 0 Å². The van der Waals surface area contributed by atoms with Crippen molar-refractivity contribution in [2.24, 2.45) is 0 Å². The lowest BCUT2D eigenvalue weighted by Gasteiger charge is -2.16. The first-order valence-corrected chi connectivity index (χ1v) is 8.13. The maximum atomic E-state index is 12.7. The van der Waals surface area contributed by atoms with Gasteiger partial charge in [-0.1, -0.05) is 30.0 Å². The number of hydrogen-bond acceptors (Lipinski definition) is 4. The fraction of sp³-hybridized carbons (Fsp3) is 0.375. The Morgan fingerprint density at radius 3 is 3.10 bits per heavy atom. The van der Waals surface area contributed by atoms with Crippen molar-refractivity contribution in [1.82, 2.24) is 9.55 Å². The van der Waals surface area contributed by atoms with Crippen LogP contribution in [0.1, 0.15) is 12.8 Å². The van der Waals surface area contributed by atoms with Gasteiger partial charge in [-0.05, 0) is 25.0 Å². The van der Waals surface area contributed by atoms with E-state index in [1.165, 1.54) is 11.8 Å². The fourth-order valence-corrected chi connectivity index (χ4v) is 3.29. The molecule has 0 saturated carbocycles. The zero-order valence-corrected chi connectivity index (χ0v) is 12.6. The summed E-state index contributed by atoms with van der Waals surface area (Å²) in [6, 6.07) is 7.49. The number of aromatic nitrogens is 2. The van der Waals surface area contributed by atoms with Crippen molar-refractivity contribution in [1.29, 1.82) is 0 Å². The van der Waals surface area contributed by atoms with Gasteiger partial charge in [0.05, 0.1) is 23.6 Å². The van der Waals surface area contributed by atoms with E-state index < -0.39 is 0 Å². The van der Waals surface area contributed by atoms with Gasteiger partial charge in [0.15, 0.2) is 5.16 Å². The molecule has 110 valence electrons. The summed E-state index contributed by atoms with van der Waals surface area (Å²) in [4.78, 5) is 17.4. The second-order valence-electron chi connectivity index (χ2n) is 5.06. The molecule has 1 unspecified atom stereocenters. The van der Waals surface area contributed by atoms with Gasteiger partial charge in [-0.15, -0.1) is 6.58 Å². The molecule has 21 heavy (non-hydrogen) atoms. The molecule has 1 aromatic heterocycles. The second-order valence-corrected chi connectivity index (χ2v) is 6.05. The number of benzene rings is 1. The van der Waals surface area contributed by atoms with E-state index >= 15 is 0 Å². The van der Waals surface area contributed by atoms with E-state index in [0.29, 0.717) is 11.9 Å². The SMILES string of the molecule is C=CCSc1nc2ccccc2c(=O)n1CC1CCCO1. The van der Waals surface area contributed by atoms with Crippen molar-refractivity contribution >= 4 is 22.7 Å². The normalized spacial score (nSPS) is 18.2. The molecule has 0 spiro atoms. The monoisotopic (exact) mass is 302 g/mol. The van der Waals surface area contributed by atoms with Crippen molar-refractivity contribution in [2.45, 2.75) is 30.6 Å². The van der Waals surface area contributed by atoms with E-state index in [4.69, 9.17) is 4.74 Å². The molecule has 0 N–H and O–H groups in total. The van der Waals surface area contributed by atoms with Crippen LogP contribution in [-0.4, -0.2) is 28.0 Å². The van der Waals surface area contributed by atoms with Crippen LogP contribution in [0.15, 0.2) is 46.9 Å². The lowest BCUT2D eigenvalue weighted by molar-refractivity contribution is 0.0937. The van der Waals surface area contributed by atoms with Crippen LogP contribution in [-0.2, 0) is 11.3 Å². The highest BCUT2D eigenvalue weighted by Gasteiger charge is 2.19. The van der Waals surface area contributed by atoms with Crippen LogP contribution in [0.3, 0.4) is 0 Å². The van der Waals surface area contributed by atoms with Crippen LogP contribution in [0, 0.1) is 0 Å². The van der Waals surface area contributed by atoms with Crippen LogP contribution >= 0.6 is 11.8 Å². The summed E-state index contributed by atoms with van der Waals surface area (Å²) >= 11 is 1.54. The van der Waals surface area contributed by atoms with Crippen molar-refractivity contribution in [2.75, 3.05) is 12.4 Å². The Labute approximate surface area is 127 Å². The van der Waals surface area contributed by atoms with Crippen molar-refractivity contribution in [3.63, 3.8) is 0 Å². The van der Waals surface area contributed by atoms with Crippen LogP contribution in [0.4, 0.5) is 0 Å². The predicted molar refractivity (Wildman–Crippen MR) is 85.9 cm³/mol. The smallest absolute Gasteiger partial charge is 0.262 e. The first-order valence-electron chi connectivity index (χ1n) is 7.14. The van der Waals surface area contributed by atoms with Gasteiger partial charge in [-0.2, -0.15) is 0 Å². The molecule has 1 saturated heterocycles. The molecule has 1 aliphatic rings. The molecular weight excluding hydrogens is 284 g/mol. The molecule has 2 aromatic rings. The van der Waals surface area contributed by atoms with Gasteiger partial charge >= 0.3 is 0 Å². The van der Waals surface area contributed by atoms with Gasteiger partial charge in [0.1, 0.15) is 0 Å². The molecule has 0 bridgehead atoms. The fourth-order valence-electron chi connectivity index (χ4n) is 2.54. The van der Waals surface area contributed by atoms with E-state index in [9.17, 15) is 4.79 Å². The molecule has 0 aliphatic carbocycles. The molecule has 3 rings (SSSR count). The zero-order chi connectivity index (χ0) is 14.7. The molecule has 1 atom stereocenters. The molecule has 5 heteroatoms. The summed E-state index contributed by atoms with van der Waals surface area (Å²) in [5, 5.41) is 1.41. The maximum absolute atomic E-state index is 12.7. The largest absolute Gasteiger partial charge is 0.376 e. The standard InChI is InChI=1S/C16H18N2O2S/c1-2-10-21-16-17-14-8-4-3-7-13(14)15(19)18(16)11-12-6-5-9-20-12/h2-4,7-8,12H,1,5-6,9-11H2. The lowest BCUT2D eigenvalue weighted by atomic mass is 10.2. The summed E-state index contributed by atoms with van der Waals surface area (Å²) in [5.74, 6) is 0.732. The number of ether oxygens (including phenoxy) is 1. The average Bonchev–Trinajstić information content (AvgIpc) is 3.01. The minimum atomic E-state index is 0.0164. The Morgan fingerprint density at radius 2 is 2.33 bits per heavy atom. The number of hydrogen-bond donors (Lipinski definition) is 0. The van der Waals surface area contributed by atoms with E-state index in [1.54, 1.807) is 4.57 Å². The molecule has 4 nitrogen and oxygen atoms in total. The van der Waals surface area contributed by atoms with Gasteiger partial charge in [0, 0.05) is 12.4 Å². The van der Waals surface area contributed by atoms with E-state index in [2.05, 4.69) is 11.6 Å². The van der Waals surface area contributed by atoms with Gasteiger partial charge in [-0.25, -0.2) is 4.98 Å². The molecule has 1 aromatic carbocycles. The number of para-hydroxylation sites is 1. The highest BCUT2D eigenvalue weighted by molar-refractivity contribution is 7.99. The predicted octanol–water partition coefficient (Wildman–Crippen LogP) is 2.85. The second kappa shape index (κ2) is 6.45. The third kappa shape index (κ3) is 3.04. The van der Waals surface area contributed by atoms with E-state index in [1.807, 2.05) is 30.3 Å². The molecular formula is C16H18N2O2S. The van der Waals surface area contributed by atoms with Gasteiger partial charge in [0.2, 0.25) is 0 Å². The number of nitrogens with zero attached hydrogens (tertiary/aromatic N) is 2. The molecule has 0 amide bonds. The van der Waals surface area contributed by atoms with Crippen molar-refractivity contribution in [3.8, 4) is 0 Å². The Bertz CT molecular complexity index is 705. The molecule has 1 fully saturated rings. The first kappa shape index (κ1) is 14.4. The van der Waals surface area contributed by atoms with E-state index in [-0.39, 0.29) is 11.7 Å². The third-order valence-corrected chi connectivity index (χ3v) is 4.54. The topological polar surface area (TPSA) is 44.1 Å². The molecule has 0 radical (unpaired) electrons. The van der Waals surface area contributed by atoms with Crippen LogP contribution in [0.2, 0.25) is 0 Å². The van der Waals surface area contributed by atoms with Crippen LogP contribution < -0.4 is 5.56 Å². The summed E-state index contributed by atoms with van der Waals surface area (Å²) in [5.41, 5.74) is 0.764. The summed E-state index contributed by atoms with van der Waals surface area (Å²) in [6.45, 7) is 5.10. The molecule has 1 aliphatic heterocycles. The third-order valence-electron chi connectivity index (χ3n) is 3.57. The number of fused-ring (bicyclic) bond motifs is 1. The van der Waals surface area contributed by atoms with Crippen LogP contribution in [0.25, 0.3) is 10.9 Å². The maximum Gasteiger partial charge on any atom is 0.262 e. The number of thioether (sulfide) groups is 1. The highest BCUT2D eigenvalue weighted by atomic mass is 32.2. The van der Waals surface area contributed by atoms with Gasteiger partial charge in [-0.3, -0.25) is 9.36 Å². The Balaban J connectivity index is 2.06. The van der Waals surface area contributed by atoms with Crippen molar-refractivity contribution < 1.29 is 4.74 Å². The zero-order valence-electron chi connectivity index (χ0n) is 11.8. The quantitative estimate of drug-likeness (QED) is 0.484. The van der Waals surface area contributed by atoms with E-state index in [0.717, 1.165) is 35.9 Å².